The highest BCUT2D eigenvalue weighted by Crippen LogP contribution is 2.33. The average molecular weight is 365 g/mol. The Morgan fingerprint density at radius 3 is 2.59 bits per heavy atom. The Balaban J connectivity index is 1.41. The fraction of sp³-hybridized carbons (Fsp3) is 0.381. The van der Waals surface area contributed by atoms with Crippen LogP contribution in [0.2, 0.25) is 0 Å². The molecule has 2 atom stereocenters. The van der Waals surface area contributed by atoms with Crippen LogP contribution in [0.4, 0.5) is 0 Å². The molecule has 2 aromatic rings. The van der Waals surface area contributed by atoms with Crippen molar-refractivity contribution in [3.8, 4) is 5.88 Å². The number of amides is 2. The van der Waals surface area contributed by atoms with Crippen LogP contribution in [0, 0.1) is 11.8 Å². The number of nitrogens with zero attached hydrogens (tertiary/aromatic N) is 3. The first-order valence-corrected chi connectivity index (χ1v) is 9.25. The highest BCUT2D eigenvalue weighted by Gasteiger charge is 2.42. The predicted molar refractivity (Wildman–Crippen MR) is 100 cm³/mol. The third-order valence-electron chi connectivity index (χ3n) is 5.52. The molecule has 3 heterocycles. The molecular weight excluding hydrogens is 342 g/mol. The van der Waals surface area contributed by atoms with Gasteiger partial charge in [-0.25, -0.2) is 4.98 Å². The number of aromatic nitrogens is 1. The Bertz CT molecular complexity index is 822. The first-order chi connectivity index (χ1) is 13.1. The molecule has 2 saturated heterocycles. The van der Waals surface area contributed by atoms with Gasteiger partial charge in [0, 0.05) is 44.9 Å². The Labute approximate surface area is 158 Å². The van der Waals surface area contributed by atoms with E-state index in [1.165, 1.54) is 0 Å². The van der Waals surface area contributed by atoms with E-state index in [4.69, 9.17) is 4.74 Å². The zero-order valence-corrected chi connectivity index (χ0v) is 15.4. The molecule has 0 unspecified atom stereocenters. The quantitative estimate of drug-likeness (QED) is 0.833. The van der Waals surface area contributed by atoms with Crippen LogP contribution in [0.25, 0.3) is 0 Å². The lowest BCUT2D eigenvalue weighted by Crippen LogP contribution is -2.43. The topological polar surface area (TPSA) is 62.7 Å². The highest BCUT2D eigenvalue weighted by molar-refractivity contribution is 5.94. The normalized spacial score (nSPS) is 21.9. The van der Waals surface area contributed by atoms with Crippen molar-refractivity contribution in [1.29, 1.82) is 0 Å². The van der Waals surface area contributed by atoms with Crippen LogP contribution in [0.5, 0.6) is 5.88 Å². The zero-order chi connectivity index (χ0) is 18.8. The first-order valence-electron chi connectivity index (χ1n) is 9.25. The van der Waals surface area contributed by atoms with Crippen LogP contribution in [-0.4, -0.2) is 53.3 Å². The summed E-state index contributed by atoms with van der Waals surface area (Å²) in [6.45, 7) is 2.68. The monoisotopic (exact) mass is 365 g/mol. The molecule has 6 heteroatoms. The lowest BCUT2D eigenvalue weighted by molar-refractivity contribution is -0.136. The molecule has 2 fully saturated rings. The van der Waals surface area contributed by atoms with Crippen molar-refractivity contribution in [2.45, 2.75) is 13.0 Å². The van der Waals surface area contributed by atoms with Crippen LogP contribution in [0.1, 0.15) is 22.3 Å². The maximum atomic E-state index is 12.8. The number of likely N-dealkylation sites (tertiary alicyclic amines) is 2. The summed E-state index contributed by atoms with van der Waals surface area (Å²) in [5.74, 6) is 1.23. The molecule has 0 bridgehead atoms. The molecule has 1 aromatic heterocycles. The summed E-state index contributed by atoms with van der Waals surface area (Å²) in [6, 6.07) is 13.5. The van der Waals surface area contributed by atoms with Crippen LogP contribution >= 0.6 is 0 Å². The predicted octanol–water partition coefficient (Wildman–Crippen LogP) is 2.21. The van der Waals surface area contributed by atoms with Crippen LogP contribution in [0.3, 0.4) is 0 Å². The Kier molecular flexibility index (Phi) is 4.79. The third kappa shape index (κ3) is 3.65. The van der Waals surface area contributed by atoms with Crippen molar-refractivity contribution in [2.24, 2.45) is 11.8 Å². The Morgan fingerprint density at radius 1 is 1.11 bits per heavy atom. The van der Waals surface area contributed by atoms with Gasteiger partial charge in [0.1, 0.15) is 0 Å². The number of pyridine rings is 1. The molecule has 2 amide bonds. The second kappa shape index (κ2) is 7.39. The second-order valence-corrected chi connectivity index (χ2v) is 7.28. The summed E-state index contributed by atoms with van der Waals surface area (Å²) in [6.07, 6.45) is 2.07. The van der Waals surface area contributed by atoms with Crippen molar-refractivity contribution in [1.82, 2.24) is 14.8 Å². The number of methoxy groups -OCH3 is 1. The maximum absolute atomic E-state index is 12.8. The molecular formula is C21H23N3O3. The van der Waals surface area contributed by atoms with Crippen LogP contribution in [0.15, 0.2) is 48.7 Å². The summed E-state index contributed by atoms with van der Waals surface area (Å²) in [4.78, 5) is 33.3. The van der Waals surface area contributed by atoms with Gasteiger partial charge in [0.05, 0.1) is 12.7 Å². The van der Waals surface area contributed by atoms with E-state index in [9.17, 15) is 9.59 Å². The summed E-state index contributed by atoms with van der Waals surface area (Å²) in [7, 11) is 1.55. The number of fused-ring (bicyclic) bond motifs is 1. The average Bonchev–Trinajstić information content (AvgIpc) is 3.11. The molecule has 27 heavy (non-hydrogen) atoms. The van der Waals surface area contributed by atoms with E-state index >= 15 is 0 Å². The van der Waals surface area contributed by atoms with Crippen LogP contribution in [-0.2, 0) is 11.3 Å². The largest absolute Gasteiger partial charge is 0.481 e. The van der Waals surface area contributed by atoms with Gasteiger partial charge in [-0.3, -0.25) is 9.59 Å². The van der Waals surface area contributed by atoms with Crippen molar-refractivity contribution in [2.75, 3.05) is 26.7 Å². The Morgan fingerprint density at radius 2 is 1.89 bits per heavy atom. The molecule has 0 aliphatic carbocycles. The number of rotatable bonds is 4. The molecule has 0 saturated carbocycles. The van der Waals surface area contributed by atoms with Gasteiger partial charge >= 0.3 is 0 Å². The lowest BCUT2D eigenvalue weighted by Gasteiger charge is -2.34. The van der Waals surface area contributed by atoms with Crippen molar-refractivity contribution < 1.29 is 14.3 Å². The minimum absolute atomic E-state index is 0.0263. The fourth-order valence-corrected chi connectivity index (χ4v) is 4.05. The fourth-order valence-electron chi connectivity index (χ4n) is 4.05. The summed E-state index contributed by atoms with van der Waals surface area (Å²) >= 11 is 0. The highest BCUT2D eigenvalue weighted by atomic mass is 16.5. The zero-order valence-electron chi connectivity index (χ0n) is 15.4. The molecule has 140 valence electrons. The number of hydrogen-bond donors (Lipinski definition) is 0. The summed E-state index contributed by atoms with van der Waals surface area (Å²) < 4.78 is 5.04. The van der Waals surface area contributed by atoms with Gasteiger partial charge < -0.3 is 14.5 Å². The molecule has 1 aromatic carbocycles. The molecule has 0 spiro atoms. The third-order valence-corrected chi connectivity index (χ3v) is 5.52. The summed E-state index contributed by atoms with van der Waals surface area (Å²) in [5, 5.41) is 0. The summed E-state index contributed by atoms with van der Waals surface area (Å²) in [5.41, 5.74) is 1.70. The number of carbonyl (C=O) groups excluding carboxylic acids is 2. The van der Waals surface area contributed by atoms with Crippen molar-refractivity contribution in [3.05, 3.63) is 59.8 Å². The lowest BCUT2D eigenvalue weighted by atomic mass is 9.88. The molecule has 0 radical (unpaired) electrons. The van der Waals surface area contributed by atoms with E-state index in [0.29, 0.717) is 50.0 Å². The standard InChI is InChI=1S/C21H23N3O3/c1-27-19-8-7-16(10-22-19)21(26)24-12-17-9-20(25)23(13-18(17)14-24)11-15-5-3-2-4-6-15/h2-8,10,17-18H,9,11-14H2,1H3/t17-,18+/m0/s1. The van der Waals surface area contributed by atoms with Gasteiger partial charge in [0.2, 0.25) is 11.8 Å². The van der Waals surface area contributed by atoms with Gasteiger partial charge in [-0.05, 0) is 23.5 Å². The van der Waals surface area contributed by atoms with Gasteiger partial charge in [-0.15, -0.1) is 0 Å². The van der Waals surface area contributed by atoms with Gasteiger partial charge in [0.25, 0.3) is 5.91 Å². The van der Waals surface area contributed by atoms with Crippen molar-refractivity contribution in [3.63, 3.8) is 0 Å². The van der Waals surface area contributed by atoms with Crippen LogP contribution < -0.4 is 4.74 Å². The smallest absolute Gasteiger partial charge is 0.255 e. The molecule has 2 aliphatic rings. The number of benzene rings is 1. The molecule has 2 aliphatic heterocycles. The Hall–Kier alpha value is -2.89. The maximum Gasteiger partial charge on any atom is 0.255 e. The SMILES string of the molecule is COc1ccc(C(=O)N2C[C@H]3CN(Cc4ccccc4)C(=O)C[C@H]3C2)cn1. The number of ether oxygens (including phenoxy) is 1. The molecule has 6 nitrogen and oxygen atoms in total. The molecule has 0 N–H and O–H groups in total. The number of carbonyl (C=O) groups is 2. The molecule has 4 rings (SSSR count). The van der Waals surface area contributed by atoms with E-state index in [-0.39, 0.29) is 17.7 Å². The van der Waals surface area contributed by atoms with Gasteiger partial charge in [-0.2, -0.15) is 0 Å². The second-order valence-electron chi connectivity index (χ2n) is 7.28. The van der Waals surface area contributed by atoms with E-state index in [1.807, 2.05) is 40.1 Å². The van der Waals surface area contributed by atoms with E-state index in [2.05, 4.69) is 4.98 Å². The minimum Gasteiger partial charge on any atom is -0.481 e. The van der Waals surface area contributed by atoms with E-state index in [1.54, 1.807) is 25.4 Å². The first kappa shape index (κ1) is 17.5. The van der Waals surface area contributed by atoms with E-state index in [0.717, 1.165) is 5.56 Å². The van der Waals surface area contributed by atoms with E-state index < -0.39 is 0 Å². The van der Waals surface area contributed by atoms with Gasteiger partial charge in [-0.1, -0.05) is 30.3 Å². The number of piperidine rings is 1. The minimum atomic E-state index is -0.0263. The van der Waals surface area contributed by atoms with Crippen molar-refractivity contribution >= 4 is 11.8 Å². The number of hydrogen-bond acceptors (Lipinski definition) is 4. The van der Waals surface area contributed by atoms with Gasteiger partial charge in [0.15, 0.2) is 0 Å².